The SMILES string of the molecule is NS(=O)(=O)c1cc(F)cc(C(=O)NCC2CCCC2)c1Br. The van der Waals surface area contributed by atoms with Crippen LogP contribution in [0.1, 0.15) is 36.0 Å². The second-order valence-corrected chi connectivity index (χ2v) is 7.49. The summed E-state index contributed by atoms with van der Waals surface area (Å²) in [5.74, 6) is -0.912. The van der Waals surface area contributed by atoms with Crippen LogP contribution in [0, 0.1) is 11.7 Å². The van der Waals surface area contributed by atoms with Crippen molar-refractivity contribution in [3.8, 4) is 0 Å². The van der Waals surface area contributed by atoms with Crippen LogP contribution in [0.15, 0.2) is 21.5 Å². The Bertz CT molecular complexity index is 658. The molecule has 0 atom stereocenters. The Labute approximate surface area is 131 Å². The molecule has 1 aromatic rings. The normalized spacial score (nSPS) is 16.1. The van der Waals surface area contributed by atoms with Gasteiger partial charge in [0, 0.05) is 6.54 Å². The molecule has 0 aliphatic heterocycles. The van der Waals surface area contributed by atoms with Crippen molar-refractivity contribution in [2.24, 2.45) is 11.1 Å². The standard InChI is InChI=1S/C13H16BrFN2O3S/c14-12-10(5-9(15)6-11(12)21(16,19)20)13(18)17-7-8-3-1-2-4-8/h5-6,8H,1-4,7H2,(H,17,18)(H2,16,19,20). The third kappa shape index (κ3) is 4.02. The third-order valence-electron chi connectivity index (χ3n) is 3.58. The molecule has 0 saturated heterocycles. The molecule has 2 rings (SSSR count). The minimum atomic E-state index is -4.11. The van der Waals surface area contributed by atoms with Crippen LogP contribution in [0.4, 0.5) is 4.39 Å². The summed E-state index contributed by atoms with van der Waals surface area (Å²) in [5.41, 5.74) is -0.0722. The van der Waals surface area contributed by atoms with Crippen molar-refractivity contribution in [3.63, 3.8) is 0 Å². The second-order valence-electron chi connectivity index (χ2n) is 5.17. The number of amides is 1. The molecule has 1 aromatic carbocycles. The van der Waals surface area contributed by atoms with Gasteiger partial charge in [0.05, 0.1) is 14.9 Å². The van der Waals surface area contributed by atoms with Gasteiger partial charge in [0.25, 0.3) is 5.91 Å². The molecule has 0 aromatic heterocycles. The van der Waals surface area contributed by atoms with Gasteiger partial charge >= 0.3 is 0 Å². The zero-order valence-corrected chi connectivity index (χ0v) is 13.6. The molecule has 116 valence electrons. The molecule has 0 spiro atoms. The Morgan fingerprint density at radius 3 is 2.57 bits per heavy atom. The summed E-state index contributed by atoms with van der Waals surface area (Å²) in [6.45, 7) is 0.506. The largest absolute Gasteiger partial charge is 0.352 e. The van der Waals surface area contributed by atoms with Crippen molar-refractivity contribution in [1.82, 2.24) is 5.32 Å². The molecule has 1 aliphatic carbocycles. The van der Waals surface area contributed by atoms with Crippen LogP contribution < -0.4 is 10.5 Å². The maximum Gasteiger partial charge on any atom is 0.252 e. The molecule has 5 nitrogen and oxygen atoms in total. The Morgan fingerprint density at radius 2 is 2.00 bits per heavy atom. The predicted octanol–water partition coefficient (Wildman–Crippen LogP) is 2.16. The lowest BCUT2D eigenvalue weighted by molar-refractivity contribution is 0.0946. The van der Waals surface area contributed by atoms with Crippen LogP contribution in [0.25, 0.3) is 0 Å². The first-order chi connectivity index (χ1) is 9.79. The average molecular weight is 379 g/mol. The average Bonchev–Trinajstić information content (AvgIpc) is 2.90. The summed E-state index contributed by atoms with van der Waals surface area (Å²) in [5, 5.41) is 7.73. The van der Waals surface area contributed by atoms with E-state index in [1.807, 2.05) is 0 Å². The van der Waals surface area contributed by atoms with Crippen LogP contribution in [-0.2, 0) is 10.0 Å². The van der Waals surface area contributed by atoms with Crippen molar-refractivity contribution in [3.05, 3.63) is 28.0 Å². The van der Waals surface area contributed by atoms with Crippen LogP contribution in [-0.4, -0.2) is 20.9 Å². The van der Waals surface area contributed by atoms with E-state index in [-0.39, 0.29) is 10.0 Å². The summed E-state index contributed by atoms with van der Waals surface area (Å²) in [4.78, 5) is 11.7. The number of hydrogen-bond donors (Lipinski definition) is 2. The fourth-order valence-electron chi connectivity index (χ4n) is 2.48. The van der Waals surface area contributed by atoms with Crippen LogP contribution >= 0.6 is 15.9 Å². The molecular formula is C13H16BrFN2O3S. The van der Waals surface area contributed by atoms with Gasteiger partial charge in [0.15, 0.2) is 0 Å². The number of benzene rings is 1. The second kappa shape index (κ2) is 6.41. The first-order valence-corrected chi connectivity index (χ1v) is 8.93. The van der Waals surface area contributed by atoms with Gasteiger partial charge < -0.3 is 5.32 Å². The van der Waals surface area contributed by atoms with E-state index in [4.69, 9.17) is 5.14 Å². The highest BCUT2D eigenvalue weighted by Crippen LogP contribution is 2.27. The van der Waals surface area contributed by atoms with E-state index in [0.717, 1.165) is 37.8 Å². The summed E-state index contributed by atoms with van der Waals surface area (Å²) in [6.07, 6.45) is 4.43. The molecule has 1 fully saturated rings. The first kappa shape index (κ1) is 16.4. The molecule has 1 saturated carbocycles. The third-order valence-corrected chi connectivity index (χ3v) is 5.63. The molecule has 0 bridgehead atoms. The number of primary sulfonamides is 1. The summed E-state index contributed by atoms with van der Waals surface area (Å²) in [6, 6.07) is 1.77. The highest BCUT2D eigenvalue weighted by atomic mass is 79.9. The molecule has 0 unspecified atom stereocenters. The zero-order valence-electron chi connectivity index (χ0n) is 11.2. The Kier molecular flexibility index (Phi) is 5.00. The molecule has 3 N–H and O–H groups in total. The minimum Gasteiger partial charge on any atom is -0.352 e. The summed E-state index contributed by atoms with van der Waals surface area (Å²) >= 11 is 3.02. The number of nitrogens with one attached hydrogen (secondary N) is 1. The summed E-state index contributed by atoms with van der Waals surface area (Å²) in [7, 11) is -4.11. The quantitative estimate of drug-likeness (QED) is 0.840. The first-order valence-electron chi connectivity index (χ1n) is 6.59. The molecule has 8 heteroatoms. The van der Waals surface area contributed by atoms with Gasteiger partial charge in [-0.25, -0.2) is 17.9 Å². The monoisotopic (exact) mass is 378 g/mol. The van der Waals surface area contributed by atoms with Gasteiger partial charge in [-0.3, -0.25) is 4.79 Å². The molecular weight excluding hydrogens is 363 g/mol. The minimum absolute atomic E-state index is 0.0182. The highest BCUT2D eigenvalue weighted by molar-refractivity contribution is 9.10. The number of nitrogens with two attached hydrogens (primary N) is 1. The predicted molar refractivity (Wildman–Crippen MR) is 79.8 cm³/mol. The smallest absolute Gasteiger partial charge is 0.252 e. The summed E-state index contributed by atoms with van der Waals surface area (Å²) < 4.78 is 36.3. The van der Waals surface area contributed by atoms with E-state index in [0.29, 0.717) is 12.5 Å². The number of halogens is 2. The maximum atomic E-state index is 13.5. The van der Waals surface area contributed by atoms with E-state index in [1.165, 1.54) is 0 Å². The Morgan fingerprint density at radius 1 is 1.38 bits per heavy atom. The van der Waals surface area contributed by atoms with Gasteiger partial charge in [-0.15, -0.1) is 0 Å². The van der Waals surface area contributed by atoms with Crippen LogP contribution in [0.5, 0.6) is 0 Å². The van der Waals surface area contributed by atoms with Gasteiger partial charge in [0.1, 0.15) is 5.82 Å². The molecule has 0 radical (unpaired) electrons. The topological polar surface area (TPSA) is 89.3 Å². The number of sulfonamides is 1. The Balaban J connectivity index is 2.22. The fraction of sp³-hybridized carbons (Fsp3) is 0.462. The van der Waals surface area contributed by atoms with E-state index in [9.17, 15) is 17.6 Å². The van der Waals surface area contributed by atoms with Crippen molar-refractivity contribution < 1.29 is 17.6 Å². The van der Waals surface area contributed by atoms with Crippen molar-refractivity contribution in [2.45, 2.75) is 30.6 Å². The molecule has 1 aliphatic rings. The van der Waals surface area contributed by atoms with Crippen molar-refractivity contribution in [2.75, 3.05) is 6.54 Å². The lowest BCUT2D eigenvalue weighted by atomic mass is 10.1. The van der Waals surface area contributed by atoms with Crippen LogP contribution in [0.3, 0.4) is 0 Å². The van der Waals surface area contributed by atoms with E-state index >= 15 is 0 Å². The number of hydrogen-bond acceptors (Lipinski definition) is 3. The fourth-order valence-corrected chi connectivity index (χ4v) is 4.21. The van der Waals surface area contributed by atoms with Crippen LogP contribution in [0.2, 0.25) is 0 Å². The van der Waals surface area contributed by atoms with Gasteiger partial charge in [-0.05, 0) is 46.8 Å². The zero-order chi connectivity index (χ0) is 15.6. The molecule has 1 amide bonds. The van der Waals surface area contributed by atoms with Crippen molar-refractivity contribution >= 4 is 31.9 Å². The maximum absolute atomic E-state index is 13.5. The van der Waals surface area contributed by atoms with E-state index in [1.54, 1.807) is 0 Å². The lowest BCUT2D eigenvalue weighted by Crippen LogP contribution is -2.29. The number of carbonyl (C=O) groups excluding carboxylic acids is 1. The Hall–Kier alpha value is -0.990. The molecule has 21 heavy (non-hydrogen) atoms. The van der Waals surface area contributed by atoms with E-state index < -0.39 is 26.6 Å². The number of carbonyl (C=O) groups is 1. The van der Waals surface area contributed by atoms with E-state index in [2.05, 4.69) is 21.2 Å². The molecule has 0 heterocycles. The van der Waals surface area contributed by atoms with Gasteiger partial charge in [0.2, 0.25) is 10.0 Å². The number of rotatable bonds is 4. The highest BCUT2D eigenvalue weighted by Gasteiger charge is 2.22. The lowest BCUT2D eigenvalue weighted by Gasteiger charge is -2.13. The van der Waals surface area contributed by atoms with Gasteiger partial charge in [-0.2, -0.15) is 0 Å². The van der Waals surface area contributed by atoms with Gasteiger partial charge in [-0.1, -0.05) is 12.8 Å². The van der Waals surface area contributed by atoms with Crippen molar-refractivity contribution in [1.29, 1.82) is 0 Å².